The van der Waals surface area contributed by atoms with Crippen molar-refractivity contribution in [3.8, 4) is 5.88 Å². The van der Waals surface area contributed by atoms with Crippen LogP contribution >= 0.6 is 0 Å². The molecular formula is C10H11NO2. The maximum Gasteiger partial charge on any atom is 0.213 e. The molecule has 3 nitrogen and oxygen atoms in total. The highest BCUT2D eigenvalue weighted by Gasteiger charge is 2.21. The molecule has 68 valence electrons. The lowest BCUT2D eigenvalue weighted by Gasteiger charge is -2.03. The molecule has 1 aliphatic carbocycles. The summed E-state index contributed by atoms with van der Waals surface area (Å²) in [6.45, 7) is 0.731. The molecule has 13 heavy (non-hydrogen) atoms. The first-order valence-electron chi connectivity index (χ1n) is 4.43. The van der Waals surface area contributed by atoms with E-state index in [1.807, 2.05) is 0 Å². The van der Waals surface area contributed by atoms with Gasteiger partial charge in [-0.05, 0) is 24.8 Å². The largest absolute Gasteiger partial charge is 0.477 e. The van der Waals surface area contributed by atoms with Crippen molar-refractivity contribution in [2.45, 2.75) is 12.8 Å². The summed E-state index contributed by atoms with van der Waals surface area (Å²) in [5.41, 5.74) is 0.424. The van der Waals surface area contributed by atoms with Crippen LogP contribution < -0.4 is 4.74 Å². The molecule has 2 rings (SSSR count). The molecule has 0 N–H and O–H groups in total. The van der Waals surface area contributed by atoms with Gasteiger partial charge in [-0.25, -0.2) is 4.98 Å². The average Bonchev–Trinajstić information content (AvgIpc) is 2.99. The first kappa shape index (κ1) is 8.23. The molecule has 3 heteroatoms. The lowest BCUT2D eigenvalue weighted by molar-refractivity contribution is 0.111. The summed E-state index contributed by atoms with van der Waals surface area (Å²) in [6, 6.07) is 5.21. The molecule has 0 saturated heterocycles. The third-order valence-electron chi connectivity index (χ3n) is 2.03. The first-order valence-corrected chi connectivity index (χ1v) is 4.43. The maximum atomic E-state index is 10.4. The molecule has 1 saturated carbocycles. The topological polar surface area (TPSA) is 39.2 Å². The number of pyridine rings is 1. The Kier molecular flexibility index (Phi) is 2.25. The van der Waals surface area contributed by atoms with E-state index in [0.717, 1.165) is 12.9 Å². The summed E-state index contributed by atoms with van der Waals surface area (Å²) in [7, 11) is 0. The number of carbonyl (C=O) groups is 1. The van der Waals surface area contributed by atoms with Gasteiger partial charge in [0.15, 0.2) is 6.29 Å². The van der Waals surface area contributed by atoms with Gasteiger partial charge in [0, 0.05) is 6.07 Å². The highest BCUT2D eigenvalue weighted by Crippen LogP contribution is 2.29. The first-order chi connectivity index (χ1) is 6.38. The standard InChI is InChI=1S/C10H11NO2/c12-6-9-2-1-3-10(11-9)13-7-8-4-5-8/h1-3,6,8H,4-5,7H2. The minimum atomic E-state index is 0.424. The van der Waals surface area contributed by atoms with E-state index in [-0.39, 0.29) is 0 Å². The summed E-state index contributed by atoms with van der Waals surface area (Å²) in [5, 5.41) is 0. The van der Waals surface area contributed by atoms with Gasteiger partial charge in [-0.3, -0.25) is 4.79 Å². The fourth-order valence-corrected chi connectivity index (χ4v) is 1.06. The van der Waals surface area contributed by atoms with Gasteiger partial charge in [-0.1, -0.05) is 6.07 Å². The van der Waals surface area contributed by atoms with Crippen LogP contribution in [0.1, 0.15) is 23.3 Å². The van der Waals surface area contributed by atoms with Crippen molar-refractivity contribution in [1.29, 1.82) is 0 Å². The van der Waals surface area contributed by atoms with Gasteiger partial charge in [-0.15, -0.1) is 0 Å². The Morgan fingerprint density at radius 2 is 2.38 bits per heavy atom. The van der Waals surface area contributed by atoms with E-state index in [1.54, 1.807) is 18.2 Å². The molecule has 1 aliphatic rings. The lowest BCUT2D eigenvalue weighted by Crippen LogP contribution is -2.01. The van der Waals surface area contributed by atoms with Crippen molar-refractivity contribution in [2.75, 3.05) is 6.61 Å². The van der Waals surface area contributed by atoms with Crippen LogP contribution in [-0.2, 0) is 0 Å². The fraction of sp³-hybridized carbons (Fsp3) is 0.400. The van der Waals surface area contributed by atoms with Crippen LogP contribution in [0.4, 0.5) is 0 Å². The van der Waals surface area contributed by atoms with E-state index in [1.165, 1.54) is 12.8 Å². The van der Waals surface area contributed by atoms with Crippen LogP contribution in [0.2, 0.25) is 0 Å². The van der Waals surface area contributed by atoms with Crippen LogP contribution in [0.3, 0.4) is 0 Å². The average molecular weight is 177 g/mol. The zero-order chi connectivity index (χ0) is 9.10. The number of hydrogen-bond acceptors (Lipinski definition) is 3. The van der Waals surface area contributed by atoms with Crippen molar-refractivity contribution in [3.05, 3.63) is 23.9 Å². The van der Waals surface area contributed by atoms with E-state index in [2.05, 4.69) is 4.98 Å². The number of rotatable bonds is 4. The van der Waals surface area contributed by atoms with Crippen LogP contribution in [-0.4, -0.2) is 17.9 Å². The predicted octanol–water partition coefficient (Wildman–Crippen LogP) is 1.68. The number of aromatic nitrogens is 1. The molecule has 1 heterocycles. The van der Waals surface area contributed by atoms with Crippen LogP contribution in [0.25, 0.3) is 0 Å². The van der Waals surface area contributed by atoms with E-state index < -0.39 is 0 Å². The van der Waals surface area contributed by atoms with Crippen LogP contribution in [0.15, 0.2) is 18.2 Å². The van der Waals surface area contributed by atoms with Gasteiger partial charge in [-0.2, -0.15) is 0 Å². The molecule has 0 spiro atoms. The number of ether oxygens (including phenoxy) is 1. The molecular weight excluding hydrogens is 166 g/mol. The highest BCUT2D eigenvalue weighted by molar-refractivity contribution is 5.71. The van der Waals surface area contributed by atoms with Crippen LogP contribution in [0.5, 0.6) is 5.88 Å². The quantitative estimate of drug-likeness (QED) is 0.657. The number of carbonyl (C=O) groups excluding carboxylic acids is 1. The van der Waals surface area contributed by atoms with Gasteiger partial charge in [0.25, 0.3) is 0 Å². The van der Waals surface area contributed by atoms with Gasteiger partial charge in [0.05, 0.1) is 6.61 Å². The smallest absolute Gasteiger partial charge is 0.213 e. The molecule has 0 unspecified atom stereocenters. The lowest BCUT2D eigenvalue weighted by atomic mass is 10.4. The SMILES string of the molecule is O=Cc1cccc(OCC2CC2)n1. The Balaban J connectivity index is 1.97. The van der Waals surface area contributed by atoms with Crippen LogP contribution in [0, 0.1) is 5.92 Å². The second-order valence-corrected chi connectivity index (χ2v) is 3.27. The zero-order valence-electron chi connectivity index (χ0n) is 7.27. The van der Waals surface area contributed by atoms with E-state index in [0.29, 0.717) is 17.5 Å². The molecule has 0 radical (unpaired) electrons. The maximum absolute atomic E-state index is 10.4. The third kappa shape index (κ3) is 2.28. The molecule has 1 aromatic rings. The summed E-state index contributed by atoms with van der Waals surface area (Å²) in [5.74, 6) is 1.26. The van der Waals surface area contributed by atoms with Gasteiger partial charge < -0.3 is 4.74 Å². The van der Waals surface area contributed by atoms with Gasteiger partial charge >= 0.3 is 0 Å². The molecule has 0 amide bonds. The minimum absolute atomic E-state index is 0.424. The molecule has 0 atom stereocenters. The van der Waals surface area contributed by atoms with E-state index in [4.69, 9.17) is 4.74 Å². The van der Waals surface area contributed by atoms with E-state index >= 15 is 0 Å². The number of nitrogens with zero attached hydrogens (tertiary/aromatic N) is 1. The Morgan fingerprint density at radius 3 is 3.08 bits per heavy atom. The molecule has 0 aromatic carbocycles. The minimum Gasteiger partial charge on any atom is -0.477 e. The Labute approximate surface area is 76.7 Å². The second-order valence-electron chi connectivity index (χ2n) is 3.27. The molecule has 1 aromatic heterocycles. The van der Waals surface area contributed by atoms with Crippen molar-refractivity contribution >= 4 is 6.29 Å². The van der Waals surface area contributed by atoms with E-state index in [9.17, 15) is 4.79 Å². The summed E-state index contributed by atoms with van der Waals surface area (Å²) in [4.78, 5) is 14.4. The van der Waals surface area contributed by atoms with Crippen molar-refractivity contribution in [1.82, 2.24) is 4.98 Å². The third-order valence-corrected chi connectivity index (χ3v) is 2.03. The summed E-state index contributed by atoms with van der Waals surface area (Å²) < 4.78 is 5.40. The normalized spacial score (nSPS) is 15.4. The summed E-state index contributed by atoms with van der Waals surface area (Å²) in [6.07, 6.45) is 3.24. The Hall–Kier alpha value is -1.38. The summed E-state index contributed by atoms with van der Waals surface area (Å²) >= 11 is 0. The fourth-order valence-electron chi connectivity index (χ4n) is 1.06. The monoisotopic (exact) mass is 177 g/mol. The number of aldehydes is 1. The second kappa shape index (κ2) is 3.56. The molecule has 0 aliphatic heterocycles. The Bertz CT molecular complexity index is 308. The number of hydrogen-bond donors (Lipinski definition) is 0. The van der Waals surface area contributed by atoms with Gasteiger partial charge in [0.1, 0.15) is 5.69 Å². The zero-order valence-corrected chi connectivity index (χ0v) is 7.27. The van der Waals surface area contributed by atoms with Crippen molar-refractivity contribution < 1.29 is 9.53 Å². The van der Waals surface area contributed by atoms with Gasteiger partial charge in [0.2, 0.25) is 5.88 Å². The van der Waals surface area contributed by atoms with Crippen molar-refractivity contribution in [3.63, 3.8) is 0 Å². The Morgan fingerprint density at radius 1 is 1.54 bits per heavy atom. The highest BCUT2D eigenvalue weighted by atomic mass is 16.5. The molecule has 0 bridgehead atoms. The predicted molar refractivity (Wildman–Crippen MR) is 47.8 cm³/mol. The molecule has 1 fully saturated rings. The van der Waals surface area contributed by atoms with Crippen molar-refractivity contribution in [2.24, 2.45) is 5.92 Å².